The van der Waals surface area contributed by atoms with Crippen molar-refractivity contribution in [3.8, 4) is 0 Å². The molecule has 2 heterocycles. The van der Waals surface area contributed by atoms with E-state index in [2.05, 4.69) is 20.2 Å². The monoisotopic (exact) mass is 350 g/mol. The predicted octanol–water partition coefficient (Wildman–Crippen LogP) is 4.03. The normalized spacial score (nSPS) is 14.6. The van der Waals surface area contributed by atoms with Gasteiger partial charge in [0.05, 0.1) is 10.7 Å². The molecule has 0 aliphatic carbocycles. The summed E-state index contributed by atoms with van der Waals surface area (Å²) in [7, 11) is 0. The molecule has 23 heavy (non-hydrogen) atoms. The fraction of sp³-hybridized carbons (Fsp3) is 0.312. The number of carbonyl (C=O) groups excluding carboxylic acids is 1. The van der Waals surface area contributed by atoms with Gasteiger partial charge >= 0.3 is 0 Å². The van der Waals surface area contributed by atoms with Crippen molar-refractivity contribution < 1.29 is 4.79 Å². The van der Waals surface area contributed by atoms with Gasteiger partial charge in [-0.15, -0.1) is 0 Å². The van der Waals surface area contributed by atoms with Gasteiger partial charge in [-0.3, -0.25) is 4.79 Å². The largest absolute Gasteiger partial charge is 0.341 e. The molecule has 5 nitrogen and oxygen atoms in total. The van der Waals surface area contributed by atoms with E-state index in [0.717, 1.165) is 25.9 Å². The van der Waals surface area contributed by atoms with E-state index in [4.69, 9.17) is 23.2 Å². The number of piperidine rings is 1. The van der Waals surface area contributed by atoms with Crippen molar-refractivity contribution in [2.45, 2.75) is 19.3 Å². The van der Waals surface area contributed by atoms with Gasteiger partial charge in [-0.2, -0.15) is 0 Å². The maximum Gasteiger partial charge on any atom is 0.274 e. The van der Waals surface area contributed by atoms with Gasteiger partial charge in [-0.1, -0.05) is 23.2 Å². The van der Waals surface area contributed by atoms with Gasteiger partial charge in [0, 0.05) is 24.3 Å². The summed E-state index contributed by atoms with van der Waals surface area (Å²) in [4.78, 5) is 23.1. The lowest BCUT2D eigenvalue weighted by Crippen LogP contribution is -2.31. The second-order valence-electron chi connectivity index (χ2n) is 5.37. The number of rotatable bonds is 3. The van der Waals surface area contributed by atoms with Crippen LogP contribution >= 0.6 is 23.2 Å². The van der Waals surface area contributed by atoms with Crippen LogP contribution in [0.15, 0.2) is 30.5 Å². The molecule has 0 radical (unpaired) electrons. The van der Waals surface area contributed by atoms with E-state index in [0.29, 0.717) is 27.4 Å². The minimum absolute atomic E-state index is 0.312. The highest BCUT2D eigenvalue weighted by Crippen LogP contribution is 2.25. The number of amides is 1. The Hall–Kier alpha value is -1.85. The molecule has 1 fully saturated rings. The molecule has 0 bridgehead atoms. The van der Waals surface area contributed by atoms with Gasteiger partial charge in [0.25, 0.3) is 5.91 Å². The molecular weight excluding hydrogens is 335 g/mol. The molecule has 1 aromatic heterocycles. The summed E-state index contributed by atoms with van der Waals surface area (Å²) in [6.45, 7) is 1.85. The number of hydrogen-bond acceptors (Lipinski definition) is 4. The quantitative estimate of drug-likeness (QED) is 0.907. The SMILES string of the molecule is O=C(Nc1ccc(Cl)cc1Cl)c1ccnc(N2CCCCC2)n1. The molecule has 1 saturated heterocycles. The first-order chi connectivity index (χ1) is 11.1. The first kappa shape index (κ1) is 16.0. The maximum absolute atomic E-state index is 12.4. The van der Waals surface area contributed by atoms with E-state index in [9.17, 15) is 4.79 Å². The Morgan fingerprint density at radius 3 is 2.65 bits per heavy atom. The lowest BCUT2D eigenvalue weighted by Gasteiger charge is -2.26. The Bertz CT molecular complexity index is 717. The van der Waals surface area contributed by atoms with Crippen molar-refractivity contribution in [3.63, 3.8) is 0 Å². The molecule has 3 rings (SSSR count). The summed E-state index contributed by atoms with van der Waals surface area (Å²) in [5.74, 6) is 0.273. The summed E-state index contributed by atoms with van der Waals surface area (Å²) in [6, 6.07) is 6.50. The summed E-state index contributed by atoms with van der Waals surface area (Å²) < 4.78 is 0. The molecule has 0 saturated carbocycles. The number of aromatic nitrogens is 2. The zero-order valence-electron chi connectivity index (χ0n) is 12.4. The van der Waals surface area contributed by atoms with Gasteiger partial charge in [-0.25, -0.2) is 9.97 Å². The molecule has 0 atom stereocenters. The van der Waals surface area contributed by atoms with Gasteiger partial charge in [-0.05, 0) is 43.5 Å². The highest BCUT2D eigenvalue weighted by atomic mass is 35.5. The average molecular weight is 351 g/mol. The molecule has 0 spiro atoms. The predicted molar refractivity (Wildman–Crippen MR) is 92.5 cm³/mol. The van der Waals surface area contributed by atoms with E-state index in [1.807, 2.05) is 0 Å². The van der Waals surface area contributed by atoms with E-state index in [1.54, 1.807) is 30.5 Å². The Kier molecular flexibility index (Phi) is 4.98. The molecule has 0 unspecified atom stereocenters. The van der Waals surface area contributed by atoms with Crippen LogP contribution < -0.4 is 10.2 Å². The number of hydrogen-bond donors (Lipinski definition) is 1. The van der Waals surface area contributed by atoms with E-state index < -0.39 is 0 Å². The van der Waals surface area contributed by atoms with Crippen molar-refractivity contribution >= 4 is 40.7 Å². The van der Waals surface area contributed by atoms with Crippen LogP contribution in [-0.4, -0.2) is 29.0 Å². The lowest BCUT2D eigenvalue weighted by atomic mass is 10.1. The van der Waals surface area contributed by atoms with Crippen LogP contribution in [0.25, 0.3) is 0 Å². The Morgan fingerprint density at radius 2 is 1.91 bits per heavy atom. The Morgan fingerprint density at radius 1 is 1.13 bits per heavy atom. The average Bonchev–Trinajstić information content (AvgIpc) is 2.58. The third-order valence-electron chi connectivity index (χ3n) is 3.69. The molecule has 2 aromatic rings. The molecule has 1 aromatic carbocycles. The first-order valence-electron chi connectivity index (χ1n) is 7.48. The fourth-order valence-corrected chi connectivity index (χ4v) is 2.95. The number of halogens is 2. The van der Waals surface area contributed by atoms with Crippen LogP contribution in [0.5, 0.6) is 0 Å². The summed E-state index contributed by atoms with van der Waals surface area (Å²) in [6.07, 6.45) is 5.08. The van der Waals surface area contributed by atoms with Crippen LogP contribution in [0.1, 0.15) is 29.8 Å². The molecule has 120 valence electrons. The van der Waals surface area contributed by atoms with E-state index in [-0.39, 0.29) is 5.91 Å². The fourth-order valence-electron chi connectivity index (χ4n) is 2.50. The second-order valence-corrected chi connectivity index (χ2v) is 6.21. The third-order valence-corrected chi connectivity index (χ3v) is 4.24. The minimum Gasteiger partial charge on any atom is -0.341 e. The second kappa shape index (κ2) is 7.15. The molecule has 1 N–H and O–H groups in total. The van der Waals surface area contributed by atoms with Crippen LogP contribution in [0, 0.1) is 0 Å². The molecular formula is C16H16Cl2N4O. The van der Waals surface area contributed by atoms with Gasteiger partial charge in [0.15, 0.2) is 0 Å². The lowest BCUT2D eigenvalue weighted by molar-refractivity contribution is 0.102. The van der Waals surface area contributed by atoms with Crippen LogP contribution in [-0.2, 0) is 0 Å². The maximum atomic E-state index is 12.4. The van der Waals surface area contributed by atoms with Crippen molar-refractivity contribution in [2.75, 3.05) is 23.3 Å². The summed E-state index contributed by atoms with van der Waals surface area (Å²) in [5.41, 5.74) is 0.811. The van der Waals surface area contributed by atoms with Crippen molar-refractivity contribution in [1.82, 2.24) is 9.97 Å². The third kappa shape index (κ3) is 3.92. The highest BCUT2D eigenvalue weighted by Gasteiger charge is 2.16. The Balaban J connectivity index is 1.76. The molecule has 1 amide bonds. The number of carbonyl (C=O) groups is 1. The van der Waals surface area contributed by atoms with Crippen LogP contribution in [0.4, 0.5) is 11.6 Å². The zero-order chi connectivity index (χ0) is 16.2. The summed E-state index contributed by atoms with van der Waals surface area (Å²) in [5, 5.41) is 3.65. The van der Waals surface area contributed by atoms with Gasteiger partial charge in [0.1, 0.15) is 5.69 Å². The van der Waals surface area contributed by atoms with Crippen molar-refractivity contribution in [3.05, 3.63) is 46.2 Å². The highest BCUT2D eigenvalue weighted by molar-refractivity contribution is 6.36. The number of anilines is 2. The van der Waals surface area contributed by atoms with E-state index >= 15 is 0 Å². The topological polar surface area (TPSA) is 58.1 Å². The zero-order valence-corrected chi connectivity index (χ0v) is 13.9. The molecule has 1 aliphatic rings. The Labute approximate surface area is 144 Å². The smallest absolute Gasteiger partial charge is 0.274 e. The first-order valence-corrected chi connectivity index (χ1v) is 8.23. The number of nitrogens with one attached hydrogen (secondary N) is 1. The number of benzene rings is 1. The molecule has 7 heteroatoms. The van der Waals surface area contributed by atoms with Crippen molar-refractivity contribution in [1.29, 1.82) is 0 Å². The standard InChI is InChI=1S/C16H16Cl2N4O/c17-11-4-5-13(12(18)10-11)20-15(23)14-6-7-19-16(21-14)22-8-2-1-3-9-22/h4-7,10H,1-3,8-9H2,(H,20,23). The minimum atomic E-state index is -0.324. The molecule has 1 aliphatic heterocycles. The van der Waals surface area contributed by atoms with E-state index in [1.165, 1.54) is 6.42 Å². The van der Waals surface area contributed by atoms with Gasteiger partial charge < -0.3 is 10.2 Å². The van der Waals surface area contributed by atoms with Crippen LogP contribution in [0.2, 0.25) is 10.0 Å². The number of nitrogens with zero attached hydrogens (tertiary/aromatic N) is 3. The van der Waals surface area contributed by atoms with Gasteiger partial charge in [0.2, 0.25) is 5.95 Å². The summed E-state index contributed by atoms with van der Waals surface area (Å²) >= 11 is 11.9. The van der Waals surface area contributed by atoms with Crippen LogP contribution in [0.3, 0.4) is 0 Å². The van der Waals surface area contributed by atoms with Crippen molar-refractivity contribution in [2.24, 2.45) is 0 Å².